The molecule has 0 unspecified atom stereocenters. The molecule has 0 bridgehead atoms. The number of phenols is 1. The molecule has 2 aromatic rings. The number of halogens is 1. The first-order chi connectivity index (χ1) is 8.18. The lowest BCUT2D eigenvalue weighted by atomic mass is 10.2. The Bertz CT molecular complexity index is 539. The van der Waals surface area contributed by atoms with Crippen molar-refractivity contribution in [1.82, 2.24) is 5.32 Å². The number of phenolic OH excluding ortho intramolecular Hbond substituents is 1. The van der Waals surface area contributed by atoms with Gasteiger partial charge in [0.15, 0.2) is 0 Å². The van der Waals surface area contributed by atoms with E-state index in [-0.39, 0.29) is 18.2 Å². The van der Waals surface area contributed by atoms with Crippen LogP contribution in [0, 0.1) is 0 Å². The van der Waals surface area contributed by atoms with Gasteiger partial charge in [-0.3, -0.25) is 4.79 Å². The van der Waals surface area contributed by atoms with Gasteiger partial charge in [-0.1, -0.05) is 29.8 Å². The van der Waals surface area contributed by atoms with E-state index in [9.17, 15) is 9.90 Å². The lowest BCUT2D eigenvalue weighted by Gasteiger charge is -2.05. The van der Waals surface area contributed by atoms with Gasteiger partial charge in [-0.2, -0.15) is 0 Å². The maximum atomic E-state index is 11.7. The minimum atomic E-state index is -0.228. The second-order valence-corrected chi connectivity index (χ2v) is 4.73. The van der Waals surface area contributed by atoms with Crippen LogP contribution in [0.3, 0.4) is 0 Å². The molecule has 5 heteroatoms. The zero-order valence-corrected chi connectivity index (χ0v) is 10.4. The molecule has 0 saturated heterocycles. The molecule has 1 heterocycles. The molecule has 0 aliphatic heterocycles. The molecule has 0 saturated carbocycles. The highest BCUT2D eigenvalue weighted by atomic mass is 35.5. The number of hydrogen-bond donors (Lipinski definition) is 2. The third kappa shape index (κ3) is 2.78. The van der Waals surface area contributed by atoms with Crippen LogP contribution in [-0.2, 0) is 6.54 Å². The van der Waals surface area contributed by atoms with E-state index >= 15 is 0 Å². The average molecular weight is 268 g/mol. The quantitative estimate of drug-likeness (QED) is 0.898. The number of thiophene rings is 1. The van der Waals surface area contributed by atoms with E-state index in [0.29, 0.717) is 15.5 Å². The third-order valence-corrected chi connectivity index (χ3v) is 3.59. The fraction of sp³-hybridized carbons (Fsp3) is 0.0833. The van der Waals surface area contributed by atoms with E-state index in [1.165, 1.54) is 11.3 Å². The van der Waals surface area contributed by atoms with Crippen LogP contribution in [0.5, 0.6) is 5.75 Å². The highest BCUT2D eigenvalue weighted by Gasteiger charge is 2.11. The van der Waals surface area contributed by atoms with Crippen molar-refractivity contribution in [2.75, 3.05) is 0 Å². The molecule has 2 rings (SSSR count). The SMILES string of the molecule is O=C(NCc1ccccc1O)c1sccc1Cl. The smallest absolute Gasteiger partial charge is 0.263 e. The minimum absolute atomic E-state index is 0.171. The maximum absolute atomic E-state index is 11.7. The van der Waals surface area contributed by atoms with Crippen LogP contribution >= 0.6 is 22.9 Å². The molecule has 0 aliphatic rings. The van der Waals surface area contributed by atoms with Crippen LogP contribution in [0.2, 0.25) is 5.02 Å². The predicted molar refractivity (Wildman–Crippen MR) is 68.6 cm³/mol. The zero-order valence-electron chi connectivity index (χ0n) is 8.81. The molecule has 2 N–H and O–H groups in total. The van der Waals surface area contributed by atoms with E-state index in [0.717, 1.165) is 0 Å². The van der Waals surface area contributed by atoms with Gasteiger partial charge in [0.05, 0.1) is 5.02 Å². The van der Waals surface area contributed by atoms with Crippen molar-refractivity contribution in [3.8, 4) is 5.75 Å². The van der Waals surface area contributed by atoms with Crippen LogP contribution in [0.25, 0.3) is 0 Å². The molecule has 1 aromatic heterocycles. The summed E-state index contributed by atoms with van der Waals surface area (Å²) in [5.74, 6) is -0.0571. The van der Waals surface area contributed by atoms with Crippen LogP contribution in [-0.4, -0.2) is 11.0 Å². The van der Waals surface area contributed by atoms with Gasteiger partial charge in [0.25, 0.3) is 5.91 Å². The lowest BCUT2D eigenvalue weighted by Crippen LogP contribution is -2.22. The zero-order chi connectivity index (χ0) is 12.3. The number of carbonyl (C=O) groups is 1. The number of benzene rings is 1. The number of nitrogens with one attached hydrogen (secondary N) is 1. The summed E-state index contributed by atoms with van der Waals surface area (Å²) >= 11 is 7.14. The van der Waals surface area contributed by atoms with Gasteiger partial charge in [0, 0.05) is 12.1 Å². The molecule has 1 aromatic carbocycles. The first kappa shape index (κ1) is 12.0. The maximum Gasteiger partial charge on any atom is 0.263 e. The fourth-order valence-electron chi connectivity index (χ4n) is 1.37. The molecule has 88 valence electrons. The first-order valence-electron chi connectivity index (χ1n) is 4.96. The summed E-state index contributed by atoms with van der Waals surface area (Å²) in [7, 11) is 0. The molecule has 1 amide bonds. The van der Waals surface area contributed by atoms with Gasteiger partial charge in [0.2, 0.25) is 0 Å². The number of para-hydroxylation sites is 1. The van der Waals surface area contributed by atoms with Crippen molar-refractivity contribution in [2.45, 2.75) is 6.54 Å². The van der Waals surface area contributed by atoms with Crippen LogP contribution in [0.15, 0.2) is 35.7 Å². The largest absolute Gasteiger partial charge is 0.508 e. The Morgan fingerprint density at radius 1 is 1.35 bits per heavy atom. The van der Waals surface area contributed by atoms with E-state index in [1.54, 1.807) is 35.7 Å². The van der Waals surface area contributed by atoms with Crippen LogP contribution in [0.1, 0.15) is 15.2 Å². The summed E-state index contributed by atoms with van der Waals surface area (Å²) in [5.41, 5.74) is 0.675. The number of aromatic hydroxyl groups is 1. The summed E-state index contributed by atoms with van der Waals surface area (Å²) in [6, 6.07) is 8.56. The molecule has 17 heavy (non-hydrogen) atoms. The van der Waals surface area contributed by atoms with E-state index in [1.807, 2.05) is 0 Å². The summed E-state index contributed by atoms with van der Waals surface area (Å²) in [6.07, 6.45) is 0. The van der Waals surface area contributed by atoms with Gasteiger partial charge >= 0.3 is 0 Å². The summed E-state index contributed by atoms with van der Waals surface area (Å²) < 4.78 is 0. The molecular formula is C12H10ClNO2S. The van der Waals surface area contributed by atoms with Crippen molar-refractivity contribution in [3.63, 3.8) is 0 Å². The Kier molecular flexibility index (Phi) is 3.66. The van der Waals surface area contributed by atoms with Gasteiger partial charge in [-0.05, 0) is 17.5 Å². The van der Waals surface area contributed by atoms with Gasteiger partial charge in [-0.25, -0.2) is 0 Å². The Balaban J connectivity index is 2.02. The molecule has 0 radical (unpaired) electrons. The monoisotopic (exact) mass is 267 g/mol. The van der Waals surface area contributed by atoms with E-state index < -0.39 is 0 Å². The van der Waals surface area contributed by atoms with Crippen molar-refractivity contribution >= 4 is 28.8 Å². The van der Waals surface area contributed by atoms with Gasteiger partial charge in [0.1, 0.15) is 10.6 Å². The molecule has 0 aliphatic carbocycles. The standard InChI is InChI=1S/C12H10ClNO2S/c13-9-5-6-17-11(9)12(16)14-7-8-3-1-2-4-10(8)15/h1-6,15H,7H2,(H,14,16). The summed E-state index contributed by atoms with van der Waals surface area (Å²) in [5, 5.41) is 14.5. The Hall–Kier alpha value is -1.52. The average Bonchev–Trinajstić information content (AvgIpc) is 2.74. The molecular weight excluding hydrogens is 258 g/mol. The third-order valence-electron chi connectivity index (χ3n) is 2.25. The van der Waals surface area contributed by atoms with Gasteiger partial charge < -0.3 is 10.4 Å². The first-order valence-corrected chi connectivity index (χ1v) is 6.22. The molecule has 0 spiro atoms. The Labute approximate surface area is 108 Å². The second kappa shape index (κ2) is 5.21. The highest BCUT2D eigenvalue weighted by Crippen LogP contribution is 2.22. The molecule has 0 fully saturated rings. The minimum Gasteiger partial charge on any atom is -0.508 e. The number of amides is 1. The lowest BCUT2D eigenvalue weighted by molar-refractivity contribution is 0.0955. The number of carbonyl (C=O) groups excluding carboxylic acids is 1. The van der Waals surface area contributed by atoms with E-state index in [2.05, 4.69) is 5.32 Å². The Morgan fingerprint density at radius 2 is 2.12 bits per heavy atom. The van der Waals surface area contributed by atoms with Crippen molar-refractivity contribution in [2.24, 2.45) is 0 Å². The van der Waals surface area contributed by atoms with Crippen LogP contribution in [0.4, 0.5) is 0 Å². The topological polar surface area (TPSA) is 49.3 Å². The summed E-state index contributed by atoms with van der Waals surface area (Å²) in [4.78, 5) is 12.2. The second-order valence-electron chi connectivity index (χ2n) is 3.41. The number of hydrogen-bond acceptors (Lipinski definition) is 3. The summed E-state index contributed by atoms with van der Waals surface area (Å²) in [6.45, 7) is 0.278. The van der Waals surface area contributed by atoms with E-state index in [4.69, 9.17) is 11.6 Å². The highest BCUT2D eigenvalue weighted by molar-refractivity contribution is 7.12. The van der Waals surface area contributed by atoms with Crippen molar-refractivity contribution in [1.29, 1.82) is 0 Å². The van der Waals surface area contributed by atoms with Crippen molar-refractivity contribution in [3.05, 3.63) is 51.2 Å². The molecule has 3 nitrogen and oxygen atoms in total. The predicted octanol–water partition coefficient (Wildman–Crippen LogP) is 3.04. The van der Waals surface area contributed by atoms with Crippen molar-refractivity contribution < 1.29 is 9.90 Å². The normalized spacial score (nSPS) is 10.2. The number of rotatable bonds is 3. The molecule has 0 atom stereocenters. The van der Waals surface area contributed by atoms with Gasteiger partial charge in [-0.15, -0.1) is 11.3 Å². The fourth-order valence-corrected chi connectivity index (χ4v) is 2.43. The van der Waals surface area contributed by atoms with Crippen LogP contribution < -0.4 is 5.32 Å². The Morgan fingerprint density at radius 3 is 2.76 bits per heavy atom.